The van der Waals surface area contributed by atoms with Gasteiger partial charge in [0.05, 0.1) is 13.7 Å². The lowest BCUT2D eigenvalue weighted by Crippen LogP contribution is -1.95. The second-order valence-corrected chi connectivity index (χ2v) is 3.02. The molecule has 0 heterocycles. The van der Waals surface area contributed by atoms with Gasteiger partial charge in [0.1, 0.15) is 5.78 Å². The van der Waals surface area contributed by atoms with Crippen molar-refractivity contribution in [2.45, 2.75) is 50.0 Å². The molecule has 0 bridgehead atoms. The van der Waals surface area contributed by atoms with Gasteiger partial charge in [0.2, 0.25) is 0 Å². The lowest BCUT2D eigenvalue weighted by atomic mass is 10.3. The van der Waals surface area contributed by atoms with E-state index >= 15 is 0 Å². The van der Waals surface area contributed by atoms with Gasteiger partial charge in [-0.05, 0) is 6.92 Å². The Morgan fingerprint density at radius 1 is 1.00 bits per heavy atom. The first-order valence-corrected chi connectivity index (χ1v) is 4.82. The van der Waals surface area contributed by atoms with Gasteiger partial charge in [-0.1, -0.05) is 48.4 Å². The highest BCUT2D eigenvalue weighted by molar-refractivity contribution is 5.90. The average Bonchev–Trinajstić information content (AvgIpc) is 2.23. The van der Waals surface area contributed by atoms with Crippen molar-refractivity contribution in [2.75, 3.05) is 20.8 Å². The molecular formula is C16H36O4. The third-order valence-corrected chi connectivity index (χ3v) is 1.47. The van der Waals surface area contributed by atoms with Crippen molar-refractivity contribution in [1.29, 1.82) is 0 Å². The summed E-state index contributed by atoms with van der Waals surface area (Å²) in [5.41, 5.74) is 0. The number of Topliss-reactive ketones (excluding diaryl/α,β-unsaturated/α-hetero) is 2. The minimum absolute atomic E-state index is 0. The first-order valence-electron chi connectivity index (χ1n) is 4.82. The van der Waals surface area contributed by atoms with E-state index in [0.29, 0.717) is 13.0 Å². The van der Waals surface area contributed by atoms with Crippen LogP contribution in [0.15, 0.2) is 24.5 Å². The van der Waals surface area contributed by atoms with Crippen LogP contribution in [-0.4, -0.2) is 32.4 Å². The molecule has 0 spiro atoms. The summed E-state index contributed by atoms with van der Waals surface area (Å²) < 4.78 is 9.19. The molecule has 0 fully saturated rings. The minimum Gasteiger partial charge on any atom is -0.494 e. The molecule has 0 rings (SSSR count). The molecule has 0 saturated heterocycles. The molecule has 0 unspecified atom stereocenters. The Bertz CT molecular complexity index is 255. The maximum Gasteiger partial charge on any atom is 0.193 e. The largest absolute Gasteiger partial charge is 0.494 e. The van der Waals surface area contributed by atoms with Gasteiger partial charge in [0.15, 0.2) is 11.5 Å². The molecule has 4 nitrogen and oxygen atoms in total. The van der Waals surface area contributed by atoms with Gasteiger partial charge in [-0.3, -0.25) is 9.59 Å². The fourth-order valence-electron chi connectivity index (χ4n) is 0.557. The molecule has 0 aromatic heterocycles. The van der Waals surface area contributed by atoms with Crippen molar-refractivity contribution >= 4 is 11.6 Å². The van der Waals surface area contributed by atoms with Crippen LogP contribution in [0.3, 0.4) is 0 Å². The number of allylic oxidation sites excluding steroid dienone is 2. The first-order chi connectivity index (χ1) is 7.45. The van der Waals surface area contributed by atoms with Crippen molar-refractivity contribution in [3.63, 3.8) is 0 Å². The zero-order valence-corrected chi connectivity index (χ0v) is 10.4. The van der Waals surface area contributed by atoms with Crippen LogP contribution in [0.2, 0.25) is 0 Å². The summed E-state index contributed by atoms with van der Waals surface area (Å²) in [4.78, 5) is 20.5. The number of carbonyl (C=O) groups excluding carboxylic acids is 2. The number of rotatable bonds is 6. The van der Waals surface area contributed by atoms with Gasteiger partial charge < -0.3 is 9.47 Å². The van der Waals surface area contributed by atoms with Gasteiger partial charge in [0.25, 0.3) is 0 Å². The summed E-state index contributed by atoms with van der Waals surface area (Å²) in [6.07, 6.45) is 4.16. The summed E-state index contributed by atoms with van der Waals surface area (Å²) >= 11 is 0. The highest BCUT2D eigenvalue weighted by Crippen LogP contribution is 1.88. The van der Waals surface area contributed by atoms with E-state index in [0.717, 1.165) is 0 Å². The molecule has 0 aliphatic rings. The number of ketones is 2. The molecule has 0 saturated carbocycles. The molecule has 0 aliphatic carbocycles. The maximum absolute atomic E-state index is 10.3. The molecule has 0 N–H and O–H groups in total. The monoisotopic (exact) mass is 292 g/mol. The molecule has 124 valence electrons. The fraction of sp³-hybridized carbons (Fsp3) is 0.625. The molecule has 4 heteroatoms. The Kier molecular flexibility index (Phi) is 47.5. The minimum atomic E-state index is -0.123. The Labute approximate surface area is 126 Å². The smallest absolute Gasteiger partial charge is 0.193 e. The van der Waals surface area contributed by atoms with Crippen molar-refractivity contribution in [3.05, 3.63) is 24.5 Å². The highest BCUT2D eigenvalue weighted by Gasteiger charge is 1.94. The summed E-state index contributed by atoms with van der Waals surface area (Å²) in [5.74, 6) is 0.268. The normalized spacial score (nSPS) is 7.40. The van der Waals surface area contributed by atoms with Crippen LogP contribution in [0.4, 0.5) is 0 Å². The van der Waals surface area contributed by atoms with E-state index in [1.54, 1.807) is 14.0 Å². The van der Waals surface area contributed by atoms with Crippen LogP contribution < -0.4 is 0 Å². The summed E-state index contributed by atoms with van der Waals surface area (Å²) in [5, 5.41) is 0. The molecule has 0 aromatic carbocycles. The molecule has 0 aliphatic heterocycles. The number of carbonyl (C=O) groups is 2. The van der Waals surface area contributed by atoms with E-state index in [-0.39, 0.29) is 47.0 Å². The van der Waals surface area contributed by atoms with E-state index in [2.05, 4.69) is 11.3 Å². The van der Waals surface area contributed by atoms with E-state index in [9.17, 15) is 9.59 Å². The molecule has 20 heavy (non-hydrogen) atoms. The Morgan fingerprint density at radius 2 is 1.45 bits per heavy atom. The van der Waals surface area contributed by atoms with Crippen LogP contribution in [0, 0.1) is 0 Å². The van der Waals surface area contributed by atoms with Crippen molar-refractivity contribution in [2.24, 2.45) is 0 Å². The molecule has 0 atom stereocenters. The van der Waals surface area contributed by atoms with Crippen molar-refractivity contribution in [1.82, 2.24) is 0 Å². The Hall–Kier alpha value is -1.42. The number of hydrogen-bond donors (Lipinski definition) is 0. The average molecular weight is 292 g/mol. The van der Waals surface area contributed by atoms with E-state index in [4.69, 9.17) is 4.74 Å². The zero-order chi connectivity index (χ0) is 13.0. The van der Waals surface area contributed by atoms with E-state index in [1.807, 2.05) is 12.2 Å². The predicted octanol–water partition coefficient (Wildman–Crippen LogP) is 4.45. The lowest BCUT2D eigenvalue weighted by Gasteiger charge is -1.93. The number of methoxy groups -OCH3 is 2. The Morgan fingerprint density at radius 3 is 1.65 bits per heavy atom. The lowest BCUT2D eigenvalue weighted by molar-refractivity contribution is -0.117. The van der Waals surface area contributed by atoms with Crippen LogP contribution >= 0.6 is 0 Å². The zero-order valence-electron chi connectivity index (χ0n) is 10.4. The van der Waals surface area contributed by atoms with Gasteiger partial charge in [0, 0.05) is 20.5 Å². The molecule has 0 radical (unpaired) electrons. The maximum atomic E-state index is 10.3. The summed E-state index contributed by atoms with van der Waals surface area (Å²) in [6.45, 7) is 6.87. The van der Waals surface area contributed by atoms with Gasteiger partial charge in [-0.15, -0.1) is 0 Å². The first kappa shape index (κ1) is 36.3. The summed E-state index contributed by atoms with van der Waals surface area (Å²) in [7, 11) is 3.04. The van der Waals surface area contributed by atoms with E-state index in [1.165, 1.54) is 14.0 Å². The number of hydrogen-bond acceptors (Lipinski definition) is 4. The van der Waals surface area contributed by atoms with Crippen LogP contribution in [0.25, 0.3) is 0 Å². The number of ether oxygens (including phenoxy) is 2. The summed E-state index contributed by atoms with van der Waals surface area (Å²) in [6, 6.07) is 0. The Balaban J connectivity index is -0.0000000416. The topological polar surface area (TPSA) is 52.6 Å². The fourth-order valence-corrected chi connectivity index (χ4v) is 0.557. The van der Waals surface area contributed by atoms with Crippen LogP contribution in [-0.2, 0) is 19.1 Å². The third kappa shape index (κ3) is 36.0. The standard InChI is InChI=1S/C7H12O2.C5H8O2.4CH4/c1-7(8)5-3-4-6-9-2;1-4(6)5(2)7-3;;;;/h3-4H,5-6H2,1-2H3;2H2,1,3H3;4*1H4. The SMILES string of the molecule is C.C.C.C.C=C(OC)C(C)=O.COCC=CCC(C)=O. The van der Waals surface area contributed by atoms with Crippen LogP contribution in [0.5, 0.6) is 0 Å². The van der Waals surface area contributed by atoms with E-state index < -0.39 is 0 Å². The highest BCUT2D eigenvalue weighted by atomic mass is 16.5. The molecule has 0 aromatic rings. The molecule has 0 amide bonds. The second-order valence-electron chi connectivity index (χ2n) is 3.02. The van der Waals surface area contributed by atoms with Gasteiger partial charge in [-0.25, -0.2) is 0 Å². The predicted molar refractivity (Wildman–Crippen MR) is 90.1 cm³/mol. The van der Waals surface area contributed by atoms with Crippen molar-refractivity contribution < 1.29 is 19.1 Å². The molecular weight excluding hydrogens is 256 g/mol. The second kappa shape index (κ2) is 26.2. The third-order valence-electron chi connectivity index (χ3n) is 1.47. The van der Waals surface area contributed by atoms with Crippen molar-refractivity contribution in [3.8, 4) is 0 Å². The van der Waals surface area contributed by atoms with Gasteiger partial charge >= 0.3 is 0 Å². The van der Waals surface area contributed by atoms with Crippen LogP contribution in [0.1, 0.15) is 50.0 Å². The van der Waals surface area contributed by atoms with Gasteiger partial charge in [-0.2, -0.15) is 0 Å². The quantitative estimate of drug-likeness (QED) is 0.412.